The van der Waals surface area contributed by atoms with E-state index in [4.69, 9.17) is 0 Å². The second-order valence-electron chi connectivity index (χ2n) is 3.96. The molecule has 0 radical (unpaired) electrons. The largest absolute Gasteiger partial charge is 0.385 e. The van der Waals surface area contributed by atoms with Crippen molar-refractivity contribution in [3.8, 4) is 0 Å². The number of anilines is 1. The first-order valence-corrected chi connectivity index (χ1v) is 8.34. The van der Waals surface area contributed by atoms with Crippen molar-refractivity contribution in [2.45, 2.75) is 18.4 Å². The Morgan fingerprint density at radius 1 is 1.16 bits per heavy atom. The second-order valence-corrected chi connectivity index (χ2v) is 6.76. The zero-order chi connectivity index (χ0) is 13.7. The number of nitrogens with one attached hydrogen (secondary N) is 2. The van der Waals surface area contributed by atoms with Crippen LogP contribution in [0.1, 0.15) is 11.8 Å². The van der Waals surface area contributed by atoms with Crippen molar-refractivity contribution in [3.05, 3.63) is 46.7 Å². The third-order valence-corrected chi connectivity index (χ3v) is 4.86. The molecule has 0 saturated carbocycles. The maximum absolute atomic E-state index is 12.1. The molecule has 19 heavy (non-hydrogen) atoms. The molecule has 102 valence electrons. The van der Waals surface area contributed by atoms with Crippen molar-refractivity contribution in [3.63, 3.8) is 0 Å². The molecule has 0 aliphatic heterocycles. The number of hydrogen-bond donors (Lipinski definition) is 2. The maximum atomic E-state index is 12.1. The van der Waals surface area contributed by atoms with Gasteiger partial charge in [0.2, 0.25) is 10.0 Å². The molecule has 0 spiro atoms. The molecule has 0 bridgehead atoms. The molecule has 2 rings (SSSR count). The van der Waals surface area contributed by atoms with Gasteiger partial charge in [0.15, 0.2) is 0 Å². The first-order chi connectivity index (χ1) is 9.12. The average molecular weight is 296 g/mol. The number of sulfonamides is 1. The summed E-state index contributed by atoms with van der Waals surface area (Å²) in [5.74, 6) is 0. The van der Waals surface area contributed by atoms with Gasteiger partial charge in [-0.2, -0.15) is 0 Å². The van der Waals surface area contributed by atoms with Gasteiger partial charge in [-0.25, -0.2) is 13.1 Å². The second kappa shape index (κ2) is 6.18. The van der Waals surface area contributed by atoms with Crippen molar-refractivity contribution < 1.29 is 8.42 Å². The Labute approximate surface area is 117 Å². The van der Waals surface area contributed by atoms with Crippen LogP contribution < -0.4 is 10.0 Å². The predicted molar refractivity (Wildman–Crippen MR) is 79.0 cm³/mol. The molecule has 0 amide bonds. The number of thiophene rings is 1. The standard InChI is InChI=1S/C13H16N2O2S2/c1-2-14-11-5-7-13(8-6-11)19(16,17)15-10-12-4-3-9-18-12/h3-9,14-15H,2,10H2,1H3. The zero-order valence-corrected chi connectivity index (χ0v) is 12.2. The highest BCUT2D eigenvalue weighted by atomic mass is 32.2. The highest BCUT2D eigenvalue weighted by molar-refractivity contribution is 7.89. The average Bonchev–Trinajstić information content (AvgIpc) is 2.91. The first-order valence-electron chi connectivity index (χ1n) is 5.98. The van der Waals surface area contributed by atoms with Crippen LogP contribution in [-0.4, -0.2) is 15.0 Å². The van der Waals surface area contributed by atoms with Gasteiger partial charge in [-0.05, 0) is 42.6 Å². The van der Waals surface area contributed by atoms with E-state index >= 15 is 0 Å². The Morgan fingerprint density at radius 2 is 1.89 bits per heavy atom. The van der Waals surface area contributed by atoms with Crippen LogP contribution in [0.4, 0.5) is 5.69 Å². The van der Waals surface area contributed by atoms with Crippen molar-refractivity contribution >= 4 is 27.0 Å². The van der Waals surface area contributed by atoms with E-state index in [9.17, 15) is 8.42 Å². The van der Waals surface area contributed by atoms with Crippen LogP contribution in [0.5, 0.6) is 0 Å². The molecular weight excluding hydrogens is 280 g/mol. The molecule has 0 atom stereocenters. The minimum atomic E-state index is -3.44. The molecular formula is C13H16N2O2S2. The highest BCUT2D eigenvalue weighted by Gasteiger charge is 2.13. The molecule has 0 fully saturated rings. The molecule has 1 aromatic heterocycles. The van der Waals surface area contributed by atoms with Gasteiger partial charge in [0.25, 0.3) is 0 Å². The van der Waals surface area contributed by atoms with E-state index in [1.165, 1.54) is 11.3 Å². The third kappa shape index (κ3) is 3.79. The summed E-state index contributed by atoms with van der Waals surface area (Å²) in [6.45, 7) is 3.13. The van der Waals surface area contributed by atoms with Crippen LogP contribution in [0.2, 0.25) is 0 Å². The normalized spacial score (nSPS) is 11.4. The lowest BCUT2D eigenvalue weighted by molar-refractivity contribution is 0.582. The van der Waals surface area contributed by atoms with Gasteiger partial charge in [0.05, 0.1) is 4.90 Å². The molecule has 4 nitrogen and oxygen atoms in total. The lowest BCUT2D eigenvalue weighted by atomic mass is 10.3. The van der Waals surface area contributed by atoms with Crippen LogP contribution in [0, 0.1) is 0 Å². The van der Waals surface area contributed by atoms with E-state index in [0.717, 1.165) is 17.1 Å². The molecule has 0 aliphatic carbocycles. The van der Waals surface area contributed by atoms with E-state index < -0.39 is 10.0 Å². The molecule has 1 aromatic carbocycles. The van der Waals surface area contributed by atoms with E-state index in [0.29, 0.717) is 6.54 Å². The monoisotopic (exact) mass is 296 g/mol. The summed E-state index contributed by atoms with van der Waals surface area (Å²) in [6, 6.07) is 10.6. The minimum absolute atomic E-state index is 0.283. The van der Waals surface area contributed by atoms with Gasteiger partial charge < -0.3 is 5.32 Å². The summed E-state index contributed by atoms with van der Waals surface area (Å²) in [7, 11) is -3.44. The van der Waals surface area contributed by atoms with Gasteiger partial charge >= 0.3 is 0 Å². The van der Waals surface area contributed by atoms with Gasteiger partial charge in [-0.1, -0.05) is 6.07 Å². The smallest absolute Gasteiger partial charge is 0.240 e. The fourth-order valence-electron chi connectivity index (χ4n) is 1.62. The van der Waals surface area contributed by atoms with Crippen LogP contribution >= 0.6 is 11.3 Å². The number of rotatable bonds is 6. The Kier molecular flexibility index (Phi) is 4.57. The van der Waals surface area contributed by atoms with E-state index in [1.807, 2.05) is 24.4 Å². The molecule has 2 aromatic rings. The SMILES string of the molecule is CCNc1ccc(S(=O)(=O)NCc2cccs2)cc1. The fraction of sp³-hybridized carbons (Fsp3) is 0.231. The van der Waals surface area contributed by atoms with Crippen molar-refractivity contribution in [1.82, 2.24) is 4.72 Å². The molecule has 0 unspecified atom stereocenters. The molecule has 2 N–H and O–H groups in total. The van der Waals surface area contributed by atoms with Crippen LogP contribution in [0.25, 0.3) is 0 Å². The predicted octanol–water partition coefficient (Wildman–Crippen LogP) is 2.66. The lowest BCUT2D eigenvalue weighted by Crippen LogP contribution is -2.22. The van der Waals surface area contributed by atoms with Gasteiger partial charge in [0, 0.05) is 23.7 Å². The Hall–Kier alpha value is -1.37. The summed E-state index contributed by atoms with van der Waals surface area (Å²) in [4.78, 5) is 1.28. The van der Waals surface area contributed by atoms with E-state index in [2.05, 4.69) is 10.0 Å². The van der Waals surface area contributed by atoms with Gasteiger partial charge in [-0.15, -0.1) is 11.3 Å². The maximum Gasteiger partial charge on any atom is 0.240 e. The molecule has 1 heterocycles. The van der Waals surface area contributed by atoms with Crippen LogP contribution in [0.15, 0.2) is 46.7 Å². The van der Waals surface area contributed by atoms with E-state index in [-0.39, 0.29) is 4.90 Å². The Morgan fingerprint density at radius 3 is 2.47 bits per heavy atom. The Bertz CT molecular complexity index is 605. The Balaban J connectivity index is 2.06. The summed E-state index contributed by atoms with van der Waals surface area (Å²) >= 11 is 1.53. The minimum Gasteiger partial charge on any atom is -0.385 e. The van der Waals surface area contributed by atoms with Crippen LogP contribution in [-0.2, 0) is 16.6 Å². The summed E-state index contributed by atoms with van der Waals surface area (Å²) in [5, 5.41) is 5.05. The topological polar surface area (TPSA) is 58.2 Å². The molecule has 0 aliphatic rings. The summed E-state index contributed by atoms with van der Waals surface area (Å²) < 4.78 is 26.7. The van der Waals surface area contributed by atoms with Crippen LogP contribution in [0.3, 0.4) is 0 Å². The van der Waals surface area contributed by atoms with Crippen molar-refractivity contribution in [2.75, 3.05) is 11.9 Å². The molecule has 0 saturated heterocycles. The number of hydrogen-bond acceptors (Lipinski definition) is 4. The summed E-state index contributed by atoms with van der Waals surface area (Å²) in [5.41, 5.74) is 0.916. The fourth-order valence-corrected chi connectivity index (χ4v) is 3.36. The highest BCUT2D eigenvalue weighted by Crippen LogP contribution is 2.15. The van der Waals surface area contributed by atoms with Gasteiger partial charge in [0.1, 0.15) is 0 Å². The lowest BCUT2D eigenvalue weighted by Gasteiger charge is -2.07. The molecule has 6 heteroatoms. The number of benzene rings is 1. The van der Waals surface area contributed by atoms with Crippen molar-refractivity contribution in [2.24, 2.45) is 0 Å². The van der Waals surface area contributed by atoms with Crippen molar-refractivity contribution in [1.29, 1.82) is 0 Å². The third-order valence-electron chi connectivity index (χ3n) is 2.56. The van der Waals surface area contributed by atoms with E-state index in [1.54, 1.807) is 24.3 Å². The quantitative estimate of drug-likeness (QED) is 0.861. The summed E-state index contributed by atoms with van der Waals surface area (Å²) in [6.07, 6.45) is 0. The van der Waals surface area contributed by atoms with Gasteiger partial charge in [-0.3, -0.25) is 0 Å². The zero-order valence-electron chi connectivity index (χ0n) is 10.6. The first kappa shape index (κ1) is 14.0.